The Hall–Kier alpha value is -2.60. The van der Waals surface area contributed by atoms with Crippen LogP contribution in [0.1, 0.15) is 12.6 Å². The molecular weight excluding hydrogens is 624 g/mol. The molecule has 5 atom stereocenters. The fourth-order valence-corrected chi connectivity index (χ4v) is 5.39. The standard InChI is InChI=1S/C23H28F3N6O7PS2/c1-41-10-8-27-18-15-19(31-21(30-18)42-9-7-23(24,25)26)32(12-28-15)20-17(16(33)14(38-20)11-37-40(35)36)39-22(34)29-13-5-3-2-4-6-13/h2-6,12,14,16-17,20,33,40H,7-11H2,1H3,(H,29,34)(H,35,36)(H,27,30,31)/t14-,16-,17-,20-/m1/s1. The highest BCUT2D eigenvalue weighted by molar-refractivity contribution is 7.99. The molecule has 4 N–H and O–H groups in total. The SMILES string of the molecule is CSCCNc1nc(SCCC(F)(F)F)nc2c1ncn2[C@@H]1O[C@H](CO[PH](=O)O)[C@@H](O)[C@H]1OC(=O)Nc1ccccc1. The average Bonchev–Trinajstić information content (AvgIpc) is 3.48. The van der Waals surface area contributed by atoms with Crippen LogP contribution < -0.4 is 10.6 Å². The second kappa shape index (κ2) is 14.7. The normalized spacial score (nSPS) is 21.4. The van der Waals surface area contributed by atoms with Crippen molar-refractivity contribution in [3.63, 3.8) is 0 Å². The molecule has 1 unspecified atom stereocenters. The highest BCUT2D eigenvalue weighted by atomic mass is 32.2. The summed E-state index contributed by atoms with van der Waals surface area (Å²) in [6, 6.07) is 8.40. The summed E-state index contributed by atoms with van der Waals surface area (Å²) in [5, 5.41) is 16.7. The lowest BCUT2D eigenvalue weighted by atomic mass is 10.1. The van der Waals surface area contributed by atoms with Crippen LogP contribution in [0.5, 0.6) is 0 Å². The van der Waals surface area contributed by atoms with E-state index < -0.39 is 58.1 Å². The number of alkyl halides is 3. The number of nitrogens with one attached hydrogen (secondary N) is 2. The Morgan fingerprint density at radius 3 is 2.69 bits per heavy atom. The number of aromatic nitrogens is 4. The van der Waals surface area contributed by atoms with Crippen LogP contribution in [0.2, 0.25) is 0 Å². The first-order chi connectivity index (χ1) is 20.1. The zero-order valence-corrected chi connectivity index (χ0v) is 24.6. The van der Waals surface area contributed by atoms with Crippen molar-refractivity contribution in [3.8, 4) is 0 Å². The maximum atomic E-state index is 12.8. The van der Waals surface area contributed by atoms with Crippen LogP contribution in [0.25, 0.3) is 11.2 Å². The lowest BCUT2D eigenvalue weighted by molar-refractivity contribution is -0.129. The number of hydrogen-bond acceptors (Lipinski definition) is 12. The largest absolute Gasteiger partial charge is 0.438 e. The van der Waals surface area contributed by atoms with Crippen LogP contribution in [0.3, 0.4) is 0 Å². The van der Waals surface area contributed by atoms with Gasteiger partial charge in [0.1, 0.15) is 12.2 Å². The Bertz CT molecular complexity index is 1370. The molecule has 2 aromatic heterocycles. The number of carbonyl (C=O) groups is 1. The Kier molecular flexibility index (Phi) is 11.3. The molecule has 42 heavy (non-hydrogen) atoms. The molecule has 13 nitrogen and oxygen atoms in total. The first-order valence-corrected chi connectivity index (χ1v) is 16.1. The van der Waals surface area contributed by atoms with E-state index >= 15 is 0 Å². The first kappa shape index (κ1) is 32.3. The van der Waals surface area contributed by atoms with Crippen molar-refractivity contribution in [3.05, 3.63) is 36.7 Å². The van der Waals surface area contributed by atoms with Gasteiger partial charge in [-0.25, -0.2) is 19.7 Å². The number of para-hydroxylation sites is 1. The third-order valence-corrected chi connectivity index (χ3v) is 7.71. The number of anilines is 2. The van der Waals surface area contributed by atoms with Gasteiger partial charge in [-0.15, -0.1) is 0 Å². The van der Waals surface area contributed by atoms with Crippen LogP contribution in [-0.4, -0.2) is 91.0 Å². The minimum atomic E-state index is -4.35. The summed E-state index contributed by atoms with van der Waals surface area (Å²) in [7, 11) is -3.36. The number of imidazole rings is 1. The van der Waals surface area contributed by atoms with E-state index in [4.69, 9.17) is 18.9 Å². The van der Waals surface area contributed by atoms with Gasteiger partial charge in [-0.1, -0.05) is 30.0 Å². The number of aliphatic hydroxyl groups excluding tert-OH is 1. The molecule has 1 fully saturated rings. The predicted octanol–water partition coefficient (Wildman–Crippen LogP) is 3.92. The summed E-state index contributed by atoms with van der Waals surface area (Å²) in [6.07, 6.45) is -8.41. The first-order valence-electron chi connectivity index (χ1n) is 12.4. The van der Waals surface area contributed by atoms with Gasteiger partial charge in [0.2, 0.25) is 0 Å². The summed E-state index contributed by atoms with van der Waals surface area (Å²) in [6.45, 7) is -0.00953. The van der Waals surface area contributed by atoms with Gasteiger partial charge < -0.3 is 29.3 Å². The molecule has 0 saturated carbocycles. The molecular formula is C23H28F3N6O7PS2. The molecule has 4 rings (SSSR count). The van der Waals surface area contributed by atoms with Crippen molar-refractivity contribution >= 4 is 60.5 Å². The lowest BCUT2D eigenvalue weighted by Gasteiger charge is -2.22. The van der Waals surface area contributed by atoms with Gasteiger partial charge >= 0.3 is 20.5 Å². The van der Waals surface area contributed by atoms with Gasteiger partial charge in [-0.05, 0) is 18.4 Å². The molecule has 230 valence electrons. The average molecular weight is 653 g/mol. The summed E-state index contributed by atoms with van der Waals surface area (Å²) < 4.78 is 67.1. The van der Waals surface area contributed by atoms with Gasteiger partial charge in [0.15, 0.2) is 34.5 Å². The predicted molar refractivity (Wildman–Crippen MR) is 151 cm³/mol. The minimum absolute atomic E-state index is 0.0387. The molecule has 0 aliphatic carbocycles. The number of nitrogens with zero attached hydrogens (tertiary/aromatic N) is 4. The minimum Gasteiger partial charge on any atom is -0.438 e. The van der Waals surface area contributed by atoms with Crippen LogP contribution in [0.4, 0.5) is 29.5 Å². The zero-order valence-electron chi connectivity index (χ0n) is 22.0. The maximum absolute atomic E-state index is 12.8. The number of hydrogen-bond donors (Lipinski definition) is 4. The van der Waals surface area contributed by atoms with Gasteiger partial charge in [0, 0.05) is 23.7 Å². The summed E-state index contributed by atoms with van der Waals surface area (Å²) in [5.74, 6) is 0.666. The quantitative estimate of drug-likeness (QED) is 0.0908. The Labute approximate surface area is 246 Å². The molecule has 19 heteroatoms. The Morgan fingerprint density at radius 1 is 1.24 bits per heavy atom. The molecule has 1 aromatic carbocycles. The molecule has 0 radical (unpaired) electrons. The highest BCUT2D eigenvalue weighted by Gasteiger charge is 2.48. The second-order valence-electron chi connectivity index (χ2n) is 8.81. The van der Waals surface area contributed by atoms with Gasteiger partial charge in [0.25, 0.3) is 0 Å². The Balaban J connectivity index is 1.66. The van der Waals surface area contributed by atoms with E-state index in [1.807, 2.05) is 6.26 Å². The molecule has 1 aliphatic heterocycles. The molecule has 0 bridgehead atoms. The summed E-state index contributed by atoms with van der Waals surface area (Å²) in [4.78, 5) is 35.0. The molecule has 0 spiro atoms. The van der Waals surface area contributed by atoms with Crippen molar-refractivity contribution < 1.29 is 46.5 Å². The van der Waals surface area contributed by atoms with Crippen LogP contribution >= 0.6 is 31.8 Å². The smallest absolute Gasteiger partial charge is 0.412 e. The fourth-order valence-electron chi connectivity index (χ4n) is 3.95. The third kappa shape index (κ3) is 8.72. The molecule has 1 saturated heterocycles. The van der Waals surface area contributed by atoms with Gasteiger partial charge in [-0.3, -0.25) is 14.4 Å². The van der Waals surface area contributed by atoms with E-state index in [0.29, 0.717) is 18.0 Å². The van der Waals surface area contributed by atoms with E-state index in [0.717, 1.165) is 11.8 Å². The number of fused-ring (bicyclic) bond motifs is 1. The van der Waals surface area contributed by atoms with Crippen molar-refractivity contribution in [2.24, 2.45) is 0 Å². The van der Waals surface area contributed by atoms with Crippen LogP contribution in [0.15, 0.2) is 41.8 Å². The number of halogens is 3. The number of carbonyl (C=O) groups excluding carboxylic acids is 1. The van der Waals surface area contributed by atoms with Crippen molar-refractivity contribution in [1.29, 1.82) is 0 Å². The zero-order chi connectivity index (χ0) is 30.3. The highest BCUT2D eigenvalue weighted by Crippen LogP contribution is 2.36. The van der Waals surface area contributed by atoms with Crippen LogP contribution in [0, 0.1) is 0 Å². The molecule has 1 aliphatic rings. The van der Waals surface area contributed by atoms with Gasteiger partial charge in [-0.2, -0.15) is 24.9 Å². The van der Waals surface area contributed by atoms with Crippen molar-refractivity contribution in [2.75, 3.05) is 41.5 Å². The number of rotatable bonds is 13. The van der Waals surface area contributed by atoms with Gasteiger partial charge in [0.05, 0.1) is 19.4 Å². The number of ether oxygens (including phenoxy) is 2. The number of benzene rings is 1. The maximum Gasteiger partial charge on any atom is 0.412 e. The number of amides is 1. The second-order valence-corrected chi connectivity index (χ2v) is 11.7. The van der Waals surface area contributed by atoms with Crippen molar-refractivity contribution in [1.82, 2.24) is 19.5 Å². The third-order valence-electron chi connectivity index (χ3n) is 5.84. The van der Waals surface area contributed by atoms with E-state index in [-0.39, 0.29) is 27.9 Å². The number of thioether (sulfide) groups is 2. The molecule has 1 amide bonds. The van der Waals surface area contributed by atoms with E-state index in [1.54, 1.807) is 42.1 Å². The van der Waals surface area contributed by atoms with E-state index in [1.165, 1.54) is 10.9 Å². The van der Waals surface area contributed by atoms with Crippen LogP contribution in [-0.2, 0) is 18.6 Å². The van der Waals surface area contributed by atoms with E-state index in [9.17, 15) is 27.6 Å². The monoisotopic (exact) mass is 652 g/mol. The summed E-state index contributed by atoms with van der Waals surface area (Å²) >= 11 is 2.37. The lowest BCUT2D eigenvalue weighted by Crippen LogP contribution is -2.38. The Morgan fingerprint density at radius 2 is 2.00 bits per heavy atom. The van der Waals surface area contributed by atoms with E-state index in [2.05, 4.69) is 25.6 Å². The molecule has 3 aromatic rings. The number of aliphatic hydroxyl groups is 1. The fraction of sp³-hybridized carbons (Fsp3) is 0.478. The van der Waals surface area contributed by atoms with Crippen molar-refractivity contribution in [2.45, 2.75) is 42.3 Å². The molecule has 3 heterocycles. The topological polar surface area (TPSA) is 170 Å². The summed E-state index contributed by atoms with van der Waals surface area (Å²) in [5.41, 5.74) is 0.827.